The lowest BCUT2D eigenvalue weighted by Crippen LogP contribution is -2.52. The van der Waals surface area contributed by atoms with Crippen molar-refractivity contribution < 1.29 is 18.0 Å². The normalized spacial score (nSPS) is 18.4. The number of hydrogen-bond acceptors (Lipinski definition) is 7. The summed E-state index contributed by atoms with van der Waals surface area (Å²) in [4.78, 5) is 23.5. The Balaban J connectivity index is 1.97. The summed E-state index contributed by atoms with van der Waals surface area (Å²) in [7, 11) is -4.05. The third kappa shape index (κ3) is 3.59. The minimum Gasteiger partial charge on any atom is -0.353 e. The van der Waals surface area contributed by atoms with Crippen molar-refractivity contribution in [3.8, 4) is 0 Å². The van der Waals surface area contributed by atoms with Crippen molar-refractivity contribution in [1.82, 2.24) is 19.8 Å². The summed E-state index contributed by atoms with van der Waals surface area (Å²) in [5, 5.41) is 12.5. The van der Waals surface area contributed by atoms with Crippen LogP contribution in [0.3, 0.4) is 0 Å². The smallest absolute Gasteiger partial charge is 0.273 e. The zero-order valence-corrected chi connectivity index (χ0v) is 15.7. The van der Waals surface area contributed by atoms with E-state index in [4.69, 9.17) is 0 Å². The number of aryl methyl sites for hydroxylation is 1. The van der Waals surface area contributed by atoms with Crippen LogP contribution in [0, 0.1) is 6.92 Å². The highest BCUT2D eigenvalue weighted by molar-refractivity contribution is 7.91. The number of rotatable bonds is 4. The molecule has 1 unspecified atom stereocenters. The van der Waals surface area contributed by atoms with E-state index in [1.165, 1.54) is 6.92 Å². The summed E-state index contributed by atoms with van der Waals surface area (Å²) < 4.78 is 26.9. The molecule has 1 fully saturated rings. The summed E-state index contributed by atoms with van der Waals surface area (Å²) in [5.74, 6) is -0.768. The zero-order valence-electron chi connectivity index (χ0n) is 14.1. The van der Waals surface area contributed by atoms with Crippen LogP contribution in [-0.2, 0) is 19.6 Å². The number of anilines is 1. The van der Waals surface area contributed by atoms with Gasteiger partial charge in [0, 0.05) is 20.0 Å². The summed E-state index contributed by atoms with van der Waals surface area (Å²) >= 11 is 0.747. The fourth-order valence-corrected chi connectivity index (χ4v) is 5.23. The molecule has 1 saturated heterocycles. The van der Waals surface area contributed by atoms with Crippen molar-refractivity contribution in [3.63, 3.8) is 0 Å². The van der Waals surface area contributed by atoms with Crippen molar-refractivity contribution >= 4 is 38.3 Å². The minimum absolute atomic E-state index is 0.0874. The number of amides is 2. The van der Waals surface area contributed by atoms with Crippen molar-refractivity contribution in [2.45, 2.75) is 24.2 Å². The van der Waals surface area contributed by atoms with Gasteiger partial charge in [-0.05, 0) is 12.5 Å². The van der Waals surface area contributed by atoms with E-state index in [1.54, 1.807) is 12.1 Å². The quantitative estimate of drug-likeness (QED) is 0.734. The Bertz CT molecular complexity index is 939. The van der Waals surface area contributed by atoms with Gasteiger partial charge in [-0.25, -0.2) is 8.42 Å². The molecule has 9 nitrogen and oxygen atoms in total. The van der Waals surface area contributed by atoms with Crippen LogP contribution in [0.5, 0.6) is 0 Å². The molecule has 2 aromatic rings. The largest absolute Gasteiger partial charge is 0.353 e. The van der Waals surface area contributed by atoms with E-state index < -0.39 is 22.0 Å². The SMILES string of the molecule is CC(=O)Nc1nnc(S(=O)(=O)N2CCNC(=O)C2c2ccc(C)cc2)s1. The molecule has 138 valence electrons. The van der Waals surface area contributed by atoms with Gasteiger partial charge >= 0.3 is 0 Å². The Hall–Kier alpha value is -2.37. The fraction of sp³-hybridized carbons (Fsp3) is 0.333. The molecule has 1 aromatic carbocycles. The monoisotopic (exact) mass is 395 g/mol. The maximum Gasteiger partial charge on any atom is 0.273 e. The number of sulfonamides is 1. The van der Waals surface area contributed by atoms with Crippen molar-refractivity contribution in [2.75, 3.05) is 18.4 Å². The highest BCUT2D eigenvalue weighted by atomic mass is 32.2. The van der Waals surface area contributed by atoms with Crippen molar-refractivity contribution in [1.29, 1.82) is 0 Å². The second-order valence-corrected chi connectivity index (χ2v) is 8.82. The molecule has 1 aliphatic heterocycles. The predicted molar refractivity (Wildman–Crippen MR) is 95.0 cm³/mol. The number of benzene rings is 1. The molecule has 3 rings (SSSR count). The summed E-state index contributed by atoms with van der Waals surface area (Å²) in [6.07, 6.45) is 0. The van der Waals surface area contributed by atoms with Crippen LogP contribution in [-0.4, -0.2) is 47.8 Å². The van der Waals surface area contributed by atoms with E-state index in [0.717, 1.165) is 21.2 Å². The van der Waals surface area contributed by atoms with Crippen LogP contribution >= 0.6 is 11.3 Å². The molecule has 0 spiro atoms. The minimum atomic E-state index is -4.05. The first kappa shape index (κ1) is 18.4. The lowest BCUT2D eigenvalue weighted by molar-refractivity contribution is -0.127. The number of piperazine rings is 1. The average molecular weight is 395 g/mol. The Labute approximate surface area is 154 Å². The van der Waals surface area contributed by atoms with Crippen LogP contribution in [0.25, 0.3) is 0 Å². The van der Waals surface area contributed by atoms with Crippen LogP contribution < -0.4 is 10.6 Å². The van der Waals surface area contributed by atoms with E-state index in [1.807, 2.05) is 19.1 Å². The number of aromatic nitrogens is 2. The van der Waals surface area contributed by atoms with Crippen LogP contribution in [0.2, 0.25) is 0 Å². The van der Waals surface area contributed by atoms with Crippen LogP contribution in [0.4, 0.5) is 5.13 Å². The number of nitrogens with zero attached hydrogens (tertiary/aromatic N) is 3. The Morgan fingerprint density at radius 3 is 2.65 bits per heavy atom. The second-order valence-electron chi connectivity index (χ2n) is 5.77. The van der Waals surface area contributed by atoms with Gasteiger partial charge in [0.2, 0.25) is 21.3 Å². The van der Waals surface area contributed by atoms with E-state index in [-0.39, 0.29) is 28.5 Å². The van der Waals surface area contributed by atoms with Gasteiger partial charge in [0.05, 0.1) is 0 Å². The Morgan fingerprint density at radius 1 is 1.31 bits per heavy atom. The number of nitrogens with one attached hydrogen (secondary N) is 2. The molecule has 11 heteroatoms. The van der Waals surface area contributed by atoms with Gasteiger partial charge in [0.15, 0.2) is 0 Å². The Kier molecular flexibility index (Phi) is 5.03. The first-order valence-corrected chi connectivity index (χ1v) is 10.0. The van der Waals surface area contributed by atoms with E-state index in [9.17, 15) is 18.0 Å². The van der Waals surface area contributed by atoms with Gasteiger partial charge in [-0.2, -0.15) is 4.31 Å². The highest BCUT2D eigenvalue weighted by Gasteiger charge is 2.41. The Morgan fingerprint density at radius 2 is 2.00 bits per heavy atom. The predicted octanol–water partition coefficient (Wildman–Crippen LogP) is 0.667. The van der Waals surface area contributed by atoms with E-state index >= 15 is 0 Å². The zero-order chi connectivity index (χ0) is 18.9. The topological polar surface area (TPSA) is 121 Å². The third-order valence-electron chi connectivity index (χ3n) is 3.78. The molecule has 0 saturated carbocycles. The molecule has 1 atom stereocenters. The number of carbonyl (C=O) groups excluding carboxylic acids is 2. The highest BCUT2D eigenvalue weighted by Crippen LogP contribution is 2.31. The summed E-state index contributed by atoms with van der Waals surface area (Å²) in [6, 6.07) is 6.12. The van der Waals surface area contributed by atoms with Gasteiger partial charge in [-0.15, -0.1) is 10.2 Å². The molecule has 2 amide bonds. The molecule has 2 N–H and O–H groups in total. The van der Waals surface area contributed by atoms with Gasteiger partial charge in [0.1, 0.15) is 6.04 Å². The first-order chi connectivity index (χ1) is 12.3. The van der Waals surface area contributed by atoms with Crippen molar-refractivity contribution in [3.05, 3.63) is 35.4 Å². The van der Waals surface area contributed by atoms with Gasteiger partial charge in [0.25, 0.3) is 10.0 Å². The van der Waals surface area contributed by atoms with Crippen LogP contribution in [0.1, 0.15) is 24.1 Å². The van der Waals surface area contributed by atoms with Gasteiger partial charge in [-0.1, -0.05) is 41.2 Å². The molecule has 0 aliphatic carbocycles. The van der Waals surface area contributed by atoms with Crippen LogP contribution in [0.15, 0.2) is 28.6 Å². The third-order valence-corrected chi connectivity index (χ3v) is 6.83. The molecular formula is C15H17N5O4S2. The standard InChI is InChI=1S/C15H17N5O4S2/c1-9-3-5-11(6-4-9)12-13(22)16-7-8-20(12)26(23,24)15-19-18-14(25-15)17-10(2)21/h3-6,12H,7-8H2,1-2H3,(H,16,22)(H,17,18,21). The molecule has 0 radical (unpaired) electrons. The molecule has 1 aliphatic rings. The second kappa shape index (κ2) is 7.09. The molecule has 2 heterocycles. The summed E-state index contributed by atoms with van der Waals surface area (Å²) in [5.41, 5.74) is 1.58. The van der Waals surface area contributed by atoms with Gasteiger partial charge < -0.3 is 10.6 Å². The maximum atomic E-state index is 13.0. The van der Waals surface area contributed by atoms with E-state index in [2.05, 4.69) is 20.8 Å². The number of hydrogen-bond donors (Lipinski definition) is 2. The molecule has 26 heavy (non-hydrogen) atoms. The maximum absolute atomic E-state index is 13.0. The number of carbonyl (C=O) groups is 2. The van der Waals surface area contributed by atoms with Crippen molar-refractivity contribution in [2.24, 2.45) is 0 Å². The molecule has 0 bridgehead atoms. The fourth-order valence-electron chi connectivity index (χ4n) is 2.59. The van der Waals surface area contributed by atoms with Gasteiger partial charge in [-0.3, -0.25) is 9.59 Å². The summed E-state index contributed by atoms with van der Waals surface area (Å²) in [6.45, 7) is 3.52. The lowest BCUT2D eigenvalue weighted by Gasteiger charge is -2.33. The molecule has 1 aromatic heterocycles. The first-order valence-electron chi connectivity index (χ1n) is 7.76. The lowest BCUT2D eigenvalue weighted by atomic mass is 10.0. The molecular weight excluding hydrogens is 378 g/mol. The average Bonchev–Trinajstić information content (AvgIpc) is 3.04. The van der Waals surface area contributed by atoms with E-state index in [0.29, 0.717) is 5.56 Å².